The maximum absolute atomic E-state index is 12.9. The van der Waals surface area contributed by atoms with Crippen LogP contribution in [0.3, 0.4) is 0 Å². The molecule has 0 spiro atoms. The number of nitrogens with zero attached hydrogens (tertiary/aromatic N) is 3. The van der Waals surface area contributed by atoms with Gasteiger partial charge in [0.15, 0.2) is 0 Å². The quantitative estimate of drug-likeness (QED) is 0.338. The number of benzene rings is 2. The van der Waals surface area contributed by atoms with E-state index < -0.39 is 0 Å². The van der Waals surface area contributed by atoms with Gasteiger partial charge in [0.2, 0.25) is 11.8 Å². The fraction of sp³-hybridized carbons (Fsp3) is 0.200. The van der Waals surface area contributed by atoms with Crippen LogP contribution in [0.25, 0.3) is 10.8 Å². The van der Waals surface area contributed by atoms with Gasteiger partial charge in [0.05, 0.1) is 29.2 Å². The molecule has 2 aromatic heterocycles. The van der Waals surface area contributed by atoms with E-state index in [0.717, 1.165) is 11.3 Å². The molecule has 0 fully saturated rings. The molecule has 0 radical (unpaired) electrons. The van der Waals surface area contributed by atoms with E-state index >= 15 is 0 Å². The van der Waals surface area contributed by atoms with Gasteiger partial charge in [-0.3, -0.25) is 14.5 Å². The maximum Gasteiger partial charge on any atom is 0.257 e. The van der Waals surface area contributed by atoms with E-state index in [4.69, 9.17) is 4.42 Å². The number of rotatable bonds is 10. The molecule has 34 heavy (non-hydrogen) atoms. The Bertz CT molecular complexity index is 1220. The van der Waals surface area contributed by atoms with E-state index in [1.165, 1.54) is 11.3 Å². The van der Waals surface area contributed by atoms with Crippen LogP contribution in [0.5, 0.6) is 0 Å². The molecule has 2 aromatic carbocycles. The summed E-state index contributed by atoms with van der Waals surface area (Å²) in [6.45, 7) is 3.20. The molecule has 0 saturated heterocycles. The highest BCUT2D eigenvalue weighted by atomic mass is 32.1. The van der Waals surface area contributed by atoms with Crippen LogP contribution in [0, 0.1) is 0 Å². The van der Waals surface area contributed by atoms with Crippen LogP contribution < -0.4 is 10.6 Å². The first-order valence-corrected chi connectivity index (χ1v) is 11.8. The van der Waals surface area contributed by atoms with Crippen molar-refractivity contribution in [3.63, 3.8) is 0 Å². The summed E-state index contributed by atoms with van der Waals surface area (Å²) in [6, 6.07) is 20.0. The molecule has 8 nitrogen and oxygen atoms in total. The summed E-state index contributed by atoms with van der Waals surface area (Å²) >= 11 is 1.53. The molecular weight excluding hydrogens is 450 g/mol. The molecule has 9 heteroatoms. The average molecular weight is 476 g/mol. The third kappa shape index (κ3) is 6.15. The SMILES string of the molecule is CCCN(CC(=O)Nc1ccccc1C(=O)Nc1ccccc1)Cc1nnc(-c2cccs2)o1. The van der Waals surface area contributed by atoms with E-state index in [1.807, 2.05) is 59.7 Å². The predicted octanol–water partition coefficient (Wildman–Crippen LogP) is 4.90. The molecule has 0 saturated carbocycles. The summed E-state index contributed by atoms with van der Waals surface area (Å²) in [5, 5.41) is 15.9. The lowest BCUT2D eigenvalue weighted by Gasteiger charge is -2.19. The number of hydrogen-bond acceptors (Lipinski definition) is 7. The summed E-state index contributed by atoms with van der Waals surface area (Å²) in [6.07, 6.45) is 0.856. The minimum atomic E-state index is -0.292. The van der Waals surface area contributed by atoms with Gasteiger partial charge in [0, 0.05) is 5.69 Å². The second kappa shape index (κ2) is 11.4. The first kappa shape index (κ1) is 23.3. The van der Waals surface area contributed by atoms with Crippen molar-refractivity contribution in [3.05, 3.63) is 83.6 Å². The van der Waals surface area contributed by atoms with Gasteiger partial charge < -0.3 is 15.1 Å². The van der Waals surface area contributed by atoms with Crippen LogP contribution in [-0.4, -0.2) is 40.0 Å². The maximum atomic E-state index is 12.9. The zero-order chi connectivity index (χ0) is 23.8. The number of amides is 2. The molecule has 2 N–H and O–H groups in total. The highest BCUT2D eigenvalue weighted by molar-refractivity contribution is 7.13. The smallest absolute Gasteiger partial charge is 0.257 e. The molecule has 0 unspecified atom stereocenters. The zero-order valence-corrected chi connectivity index (χ0v) is 19.5. The standard InChI is InChI=1S/C25H25N5O3S/c1-2-14-30(17-23-28-29-25(33-23)21-13-8-15-34-21)16-22(31)27-20-12-7-6-11-19(20)24(32)26-18-9-4-3-5-10-18/h3-13,15H,2,14,16-17H2,1H3,(H,26,32)(H,27,31). The summed E-state index contributed by atoms with van der Waals surface area (Å²) in [5.74, 6) is 0.405. The van der Waals surface area contributed by atoms with E-state index in [9.17, 15) is 9.59 Å². The molecule has 4 aromatic rings. The number of nitrogens with one attached hydrogen (secondary N) is 2. The fourth-order valence-electron chi connectivity index (χ4n) is 3.44. The van der Waals surface area contributed by atoms with Crippen LogP contribution in [0.4, 0.5) is 11.4 Å². The molecule has 4 rings (SSSR count). The van der Waals surface area contributed by atoms with E-state index in [2.05, 4.69) is 20.8 Å². The summed E-state index contributed by atoms with van der Waals surface area (Å²) in [4.78, 5) is 28.5. The highest BCUT2D eigenvalue weighted by Gasteiger charge is 2.18. The van der Waals surface area contributed by atoms with Crippen LogP contribution >= 0.6 is 11.3 Å². The van der Waals surface area contributed by atoms with Crippen molar-refractivity contribution < 1.29 is 14.0 Å². The van der Waals surface area contributed by atoms with E-state index in [1.54, 1.807) is 24.3 Å². The Morgan fingerprint density at radius 2 is 1.76 bits per heavy atom. The Kier molecular flexibility index (Phi) is 7.79. The van der Waals surface area contributed by atoms with Crippen LogP contribution in [-0.2, 0) is 11.3 Å². The predicted molar refractivity (Wildman–Crippen MR) is 133 cm³/mol. The van der Waals surface area contributed by atoms with Gasteiger partial charge in [0.25, 0.3) is 11.8 Å². The molecule has 0 aliphatic heterocycles. The highest BCUT2D eigenvalue weighted by Crippen LogP contribution is 2.23. The van der Waals surface area contributed by atoms with Gasteiger partial charge in [-0.25, -0.2) is 0 Å². The van der Waals surface area contributed by atoms with Crippen LogP contribution in [0.2, 0.25) is 0 Å². The second-order valence-electron chi connectivity index (χ2n) is 7.60. The van der Waals surface area contributed by atoms with E-state index in [-0.39, 0.29) is 18.4 Å². The summed E-state index contributed by atoms with van der Waals surface area (Å²) in [7, 11) is 0. The second-order valence-corrected chi connectivity index (χ2v) is 8.55. The van der Waals surface area contributed by atoms with Crippen molar-refractivity contribution in [2.45, 2.75) is 19.9 Å². The van der Waals surface area contributed by atoms with Crippen molar-refractivity contribution in [2.24, 2.45) is 0 Å². The number of aromatic nitrogens is 2. The third-order valence-corrected chi connectivity index (χ3v) is 5.80. The molecule has 2 heterocycles. The molecule has 0 aliphatic rings. The summed E-state index contributed by atoms with van der Waals surface area (Å²) < 4.78 is 5.77. The molecule has 2 amide bonds. The largest absolute Gasteiger partial charge is 0.419 e. The van der Waals surface area contributed by atoms with Gasteiger partial charge >= 0.3 is 0 Å². The minimum absolute atomic E-state index is 0.124. The van der Waals surface area contributed by atoms with Gasteiger partial charge in [-0.05, 0) is 48.7 Å². The Balaban J connectivity index is 1.40. The number of carbonyl (C=O) groups is 2. The number of para-hydroxylation sites is 2. The van der Waals surface area contributed by atoms with Crippen molar-refractivity contribution in [1.29, 1.82) is 0 Å². The molecule has 0 bridgehead atoms. The Hall–Kier alpha value is -3.82. The number of hydrogen-bond donors (Lipinski definition) is 2. The van der Waals surface area contributed by atoms with Crippen molar-refractivity contribution in [2.75, 3.05) is 23.7 Å². The topological polar surface area (TPSA) is 100 Å². The van der Waals surface area contributed by atoms with Crippen molar-refractivity contribution in [3.8, 4) is 10.8 Å². The Morgan fingerprint density at radius 3 is 2.53 bits per heavy atom. The first-order valence-electron chi connectivity index (χ1n) is 11.0. The normalized spacial score (nSPS) is 10.9. The lowest BCUT2D eigenvalue weighted by Crippen LogP contribution is -2.34. The third-order valence-electron chi connectivity index (χ3n) is 4.94. The van der Waals surface area contributed by atoms with Gasteiger partial charge in [-0.2, -0.15) is 0 Å². The Labute approximate surface area is 201 Å². The lowest BCUT2D eigenvalue weighted by atomic mass is 10.1. The number of carbonyl (C=O) groups excluding carboxylic acids is 2. The van der Waals surface area contributed by atoms with Gasteiger partial charge in [-0.15, -0.1) is 21.5 Å². The number of anilines is 2. The first-order chi connectivity index (χ1) is 16.6. The van der Waals surface area contributed by atoms with Crippen LogP contribution in [0.1, 0.15) is 29.6 Å². The van der Waals surface area contributed by atoms with Crippen LogP contribution in [0.15, 0.2) is 76.5 Å². The molecular formula is C25H25N5O3S. The van der Waals surface area contributed by atoms with Gasteiger partial charge in [-0.1, -0.05) is 43.3 Å². The zero-order valence-electron chi connectivity index (χ0n) is 18.7. The molecule has 0 atom stereocenters. The van der Waals surface area contributed by atoms with E-state index in [0.29, 0.717) is 41.8 Å². The number of thiophene rings is 1. The average Bonchev–Trinajstić information content (AvgIpc) is 3.52. The van der Waals surface area contributed by atoms with Crippen molar-refractivity contribution >= 4 is 34.5 Å². The lowest BCUT2D eigenvalue weighted by molar-refractivity contribution is -0.117. The molecule has 0 aliphatic carbocycles. The summed E-state index contributed by atoms with van der Waals surface area (Å²) in [5.41, 5.74) is 1.53. The fourth-order valence-corrected chi connectivity index (χ4v) is 4.09. The monoisotopic (exact) mass is 475 g/mol. The van der Waals surface area contributed by atoms with Gasteiger partial charge in [0.1, 0.15) is 0 Å². The van der Waals surface area contributed by atoms with Crippen molar-refractivity contribution in [1.82, 2.24) is 15.1 Å². The Morgan fingerprint density at radius 1 is 0.971 bits per heavy atom. The molecule has 174 valence electrons. The minimum Gasteiger partial charge on any atom is -0.419 e.